The van der Waals surface area contributed by atoms with E-state index in [1.807, 2.05) is 6.07 Å². The zero-order valence-corrected chi connectivity index (χ0v) is 16.6. The second-order valence-corrected chi connectivity index (χ2v) is 10.3. The van der Waals surface area contributed by atoms with Gasteiger partial charge in [-0.1, -0.05) is 47.9 Å². The van der Waals surface area contributed by atoms with Crippen LogP contribution in [0.15, 0.2) is 41.5 Å². The van der Waals surface area contributed by atoms with Crippen molar-refractivity contribution in [2.24, 2.45) is 11.8 Å². The molecule has 5 heteroatoms. The monoisotopic (exact) mass is 376 g/mol. The molecule has 0 aliphatic heterocycles. The zero-order chi connectivity index (χ0) is 18.4. The average molecular weight is 376 g/mol. The molecule has 1 aromatic carbocycles. The second kappa shape index (κ2) is 6.91. The van der Waals surface area contributed by atoms with Gasteiger partial charge >= 0.3 is 7.60 Å². The summed E-state index contributed by atoms with van der Waals surface area (Å²) in [5.74, 6) is -0.139. The molecule has 0 heterocycles. The fourth-order valence-corrected chi connectivity index (χ4v) is 7.96. The summed E-state index contributed by atoms with van der Waals surface area (Å²) < 4.78 is 24.4. The summed E-state index contributed by atoms with van der Waals surface area (Å²) in [6.07, 6.45) is 7.18. The van der Waals surface area contributed by atoms with Crippen LogP contribution in [0.3, 0.4) is 0 Å². The van der Waals surface area contributed by atoms with Crippen molar-refractivity contribution in [2.75, 3.05) is 14.2 Å². The van der Waals surface area contributed by atoms with E-state index in [0.29, 0.717) is 0 Å². The first-order chi connectivity index (χ1) is 12.6. The van der Waals surface area contributed by atoms with Crippen LogP contribution in [0.4, 0.5) is 0 Å². The van der Waals surface area contributed by atoms with Gasteiger partial charge in [-0.3, -0.25) is 4.57 Å². The van der Waals surface area contributed by atoms with Crippen LogP contribution in [0.25, 0.3) is 0 Å². The van der Waals surface area contributed by atoms with E-state index < -0.39 is 12.9 Å². The molecule has 0 saturated heterocycles. The number of allylic oxidation sites excluding steroid dienone is 1. The Morgan fingerprint density at radius 1 is 1.00 bits per heavy atom. The Morgan fingerprint density at radius 2 is 1.65 bits per heavy atom. The topological polar surface area (TPSA) is 55.8 Å². The summed E-state index contributed by atoms with van der Waals surface area (Å²) in [4.78, 5) is 0. The number of fused-ring (bicyclic) bond motifs is 3. The number of aliphatic hydroxyl groups is 1. The highest BCUT2D eigenvalue weighted by atomic mass is 31.2. The molecule has 1 aromatic rings. The van der Waals surface area contributed by atoms with Crippen LogP contribution in [-0.2, 0) is 13.6 Å². The SMILES string of the molecule is COP(=O)(OC)[C@]1(O)[C@H]2CCC[C@H]1[C@@H](c1ccccc1)C1=C2CCCC1. The van der Waals surface area contributed by atoms with E-state index in [2.05, 4.69) is 24.3 Å². The van der Waals surface area contributed by atoms with Crippen molar-refractivity contribution in [3.63, 3.8) is 0 Å². The van der Waals surface area contributed by atoms with Gasteiger partial charge in [0.05, 0.1) is 0 Å². The maximum atomic E-state index is 13.6. The minimum Gasteiger partial charge on any atom is -0.377 e. The van der Waals surface area contributed by atoms with E-state index in [1.54, 1.807) is 0 Å². The lowest BCUT2D eigenvalue weighted by molar-refractivity contribution is -0.0529. The molecule has 0 unspecified atom stereocenters. The standard InChI is InChI=1S/C21H29O4P/c1-24-26(23,25-2)21(22)18-13-8-14-19(21)20(15-9-4-3-5-10-15)17-12-7-6-11-16(17)18/h3-5,9-10,18-20,22H,6-8,11-14H2,1-2H3/t18-,19-,20-,21+/m0/s1. The normalized spacial score (nSPS) is 34.5. The van der Waals surface area contributed by atoms with Crippen molar-refractivity contribution < 1.29 is 18.7 Å². The summed E-state index contributed by atoms with van der Waals surface area (Å²) in [5, 5.41) is 10.6. The van der Waals surface area contributed by atoms with Gasteiger partial charge in [0, 0.05) is 32.0 Å². The Morgan fingerprint density at radius 3 is 2.31 bits per heavy atom. The Hall–Kier alpha value is -0.930. The van der Waals surface area contributed by atoms with Crippen molar-refractivity contribution in [2.45, 2.75) is 56.2 Å². The lowest BCUT2D eigenvalue weighted by atomic mass is 9.57. The minimum atomic E-state index is -3.65. The summed E-state index contributed by atoms with van der Waals surface area (Å²) >= 11 is 0. The van der Waals surface area contributed by atoms with Crippen molar-refractivity contribution in [3.05, 3.63) is 47.0 Å². The van der Waals surface area contributed by atoms with E-state index in [0.717, 1.165) is 38.5 Å². The van der Waals surface area contributed by atoms with Gasteiger partial charge in [-0.25, -0.2) is 0 Å². The molecule has 4 rings (SSSR count). The lowest BCUT2D eigenvalue weighted by Gasteiger charge is -2.56. The van der Waals surface area contributed by atoms with Crippen LogP contribution in [0.5, 0.6) is 0 Å². The van der Waals surface area contributed by atoms with Crippen LogP contribution in [0, 0.1) is 11.8 Å². The minimum absolute atomic E-state index is 0.103. The van der Waals surface area contributed by atoms with Crippen molar-refractivity contribution >= 4 is 7.60 Å². The molecule has 1 saturated carbocycles. The molecule has 1 fully saturated rings. The van der Waals surface area contributed by atoms with Crippen LogP contribution in [0.2, 0.25) is 0 Å². The van der Waals surface area contributed by atoms with Gasteiger partial charge in [0.2, 0.25) is 0 Å². The van der Waals surface area contributed by atoms with Crippen LogP contribution in [0.1, 0.15) is 56.4 Å². The summed E-state index contributed by atoms with van der Waals surface area (Å²) in [6, 6.07) is 10.4. The fourth-order valence-electron chi connectivity index (χ4n) is 5.87. The van der Waals surface area contributed by atoms with E-state index in [9.17, 15) is 9.67 Å². The molecule has 26 heavy (non-hydrogen) atoms. The van der Waals surface area contributed by atoms with E-state index in [1.165, 1.54) is 37.4 Å². The molecule has 4 atom stereocenters. The third kappa shape index (κ3) is 2.50. The van der Waals surface area contributed by atoms with Gasteiger partial charge < -0.3 is 14.2 Å². The van der Waals surface area contributed by atoms with Crippen molar-refractivity contribution in [3.8, 4) is 0 Å². The molecule has 142 valence electrons. The highest BCUT2D eigenvalue weighted by molar-refractivity contribution is 7.55. The van der Waals surface area contributed by atoms with E-state index in [4.69, 9.17) is 9.05 Å². The second-order valence-electron chi connectivity index (χ2n) is 7.88. The van der Waals surface area contributed by atoms with Crippen molar-refractivity contribution in [1.82, 2.24) is 0 Å². The summed E-state index contributed by atoms with van der Waals surface area (Å²) in [5.41, 5.74) is 4.03. The Labute approximate surface area is 156 Å². The van der Waals surface area contributed by atoms with Crippen LogP contribution in [-0.4, -0.2) is 24.7 Å². The largest absolute Gasteiger partial charge is 0.377 e. The third-order valence-electron chi connectivity index (χ3n) is 6.90. The molecule has 0 spiro atoms. The maximum absolute atomic E-state index is 13.6. The van der Waals surface area contributed by atoms with Gasteiger partial charge in [-0.15, -0.1) is 0 Å². The predicted molar refractivity (Wildman–Crippen MR) is 102 cm³/mol. The van der Waals surface area contributed by atoms with E-state index in [-0.39, 0.29) is 17.8 Å². The number of benzene rings is 1. The first-order valence-electron chi connectivity index (χ1n) is 9.77. The predicted octanol–water partition coefficient (Wildman–Crippen LogP) is 5.25. The smallest absolute Gasteiger partial charge is 0.362 e. The summed E-state index contributed by atoms with van der Waals surface area (Å²) in [6.45, 7) is 0. The Bertz CT molecular complexity index is 736. The number of hydrogen-bond donors (Lipinski definition) is 1. The zero-order valence-electron chi connectivity index (χ0n) is 15.7. The average Bonchev–Trinajstić information content (AvgIpc) is 2.68. The first kappa shape index (κ1) is 18.4. The highest BCUT2D eigenvalue weighted by Gasteiger charge is 2.65. The Balaban J connectivity index is 1.94. The lowest BCUT2D eigenvalue weighted by Crippen LogP contribution is -2.54. The number of hydrogen-bond acceptors (Lipinski definition) is 4. The van der Waals surface area contributed by atoms with Crippen molar-refractivity contribution in [1.29, 1.82) is 0 Å². The van der Waals surface area contributed by atoms with Crippen LogP contribution >= 0.6 is 7.60 Å². The molecule has 0 radical (unpaired) electrons. The van der Waals surface area contributed by atoms with Gasteiger partial charge in [-0.2, -0.15) is 0 Å². The van der Waals surface area contributed by atoms with Gasteiger partial charge in [0.1, 0.15) is 0 Å². The molecule has 3 aliphatic carbocycles. The molecule has 3 aliphatic rings. The summed E-state index contributed by atoms with van der Waals surface area (Å²) in [7, 11) is -0.840. The van der Waals surface area contributed by atoms with Gasteiger partial charge in [0.15, 0.2) is 5.34 Å². The molecule has 0 aromatic heterocycles. The van der Waals surface area contributed by atoms with Gasteiger partial charge in [0.25, 0.3) is 0 Å². The molecular formula is C21H29O4P. The molecule has 0 amide bonds. The highest BCUT2D eigenvalue weighted by Crippen LogP contribution is 2.73. The molecular weight excluding hydrogens is 347 g/mol. The van der Waals surface area contributed by atoms with Gasteiger partial charge in [-0.05, 0) is 44.1 Å². The molecule has 2 bridgehead atoms. The third-order valence-corrected chi connectivity index (χ3v) is 9.38. The molecule has 1 N–H and O–H groups in total. The van der Waals surface area contributed by atoms with Crippen LogP contribution < -0.4 is 0 Å². The fraction of sp³-hybridized carbons (Fsp3) is 0.619. The van der Waals surface area contributed by atoms with E-state index >= 15 is 0 Å². The first-order valence-corrected chi connectivity index (χ1v) is 11.3. The number of rotatable bonds is 4. The molecule has 4 nitrogen and oxygen atoms in total. The maximum Gasteiger partial charge on any atom is 0.362 e. The quantitative estimate of drug-likeness (QED) is 0.576. The Kier molecular flexibility index (Phi) is 4.90.